The van der Waals surface area contributed by atoms with Crippen LogP contribution in [0.15, 0.2) is 66.7 Å². The van der Waals surface area contributed by atoms with Crippen LogP contribution in [0.25, 0.3) is 0 Å². The van der Waals surface area contributed by atoms with E-state index in [0.29, 0.717) is 40.6 Å². The summed E-state index contributed by atoms with van der Waals surface area (Å²) in [6.07, 6.45) is 1.06. The number of hydrogen-bond acceptors (Lipinski definition) is 5. The maximum absolute atomic E-state index is 13.4. The number of carbonyl (C=O) groups excluding carboxylic acids is 1. The predicted octanol–water partition coefficient (Wildman–Crippen LogP) is 4.45. The summed E-state index contributed by atoms with van der Waals surface area (Å²) in [5.74, 6) is 0.0902. The number of carbonyl (C=O) groups is 1. The van der Waals surface area contributed by atoms with E-state index < -0.39 is 21.7 Å². The van der Waals surface area contributed by atoms with Crippen molar-refractivity contribution in [3.05, 3.63) is 83.7 Å². The maximum atomic E-state index is 13.4. The van der Waals surface area contributed by atoms with Gasteiger partial charge >= 0.3 is 0 Å². The number of para-hydroxylation sites is 2. The molecule has 174 valence electrons. The number of nitrogens with zero attached hydrogens (tertiary/aromatic N) is 1. The van der Waals surface area contributed by atoms with Crippen LogP contribution in [-0.4, -0.2) is 34.3 Å². The molecule has 33 heavy (non-hydrogen) atoms. The fraction of sp³-hybridized carbons (Fsp3) is 0.208. The summed E-state index contributed by atoms with van der Waals surface area (Å²) in [5, 5.41) is 2.80. The predicted molar refractivity (Wildman–Crippen MR) is 126 cm³/mol. The number of benzene rings is 3. The summed E-state index contributed by atoms with van der Waals surface area (Å²) < 4.78 is 50.5. The van der Waals surface area contributed by atoms with Crippen molar-refractivity contribution in [3.8, 4) is 11.5 Å². The lowest BCUT2D eigenvalue weighted by molar-refractivity contribution is 0.102. The molecule has 0 fully saturated rings. The van der Waals surface area contributed by atoms with Gasteiger partial charge in [0.2, 0.25) is 10.0 Å². The van der Waals surface area contributed by atoms with Crippen molar-refractivity contribution in [1.82, 2.24) is 0 Å². The summed E-state index contributed by atoms with van der Waals surface area (Å²) in [6.45, 7) is 2.06. The van der Waals surface area contributed by atoms with Crippen LogP contribution in [0.2, 0.25) is 0 Å². The average molecular weight is 473 g/mol. The Morgan fingerprint density at radius 1 is 1.03 bits per heavy atom. The van der Waals surface area contributed by atoms with E-state index in [1.807, 2.05) is 0 Å². The van der Waals surface area contributed by atoms with Crippen LogP contribution in [0.1, 0.15) is 22.8 Å². The summed E-state index contributed by atoms with van der Waals surface area (Å²) in [5.41, 5.74) is 1.60. The number of methoxy groups -OCH3 is 1. The number of nitrogens with one attached hydrogen (secondary N) is 1. The Bertz CT molecular complexity index is 1230. The van der Waals surface area contributed by atoms with Crippen molar-refractivity contribution in [1.29, 1.82) is 0 Å². The first kappa shape index (κ1) is 24.1. The van der Waals surface area contributed by atoms with E-state index in [4.69, 9.17) is 9.47 Å². The van der Waals surface area contributed by atoms with E-state index in [-0.39, 0.29) is 6.54 Å². The molecule has 0 aliphatic carbocycles. The van der Waals surface area contributed by atoms with Crippen LogP contribution >= 0.6 is 0 Å². The largest absolute Gasteiger partial charge is 0.495 e. The second kappa shape index (κ2) is 10.4. The van der Waals surface area contributed by atoms with Gasteiger partial charge in [-0.15, -0.1) is 0 Å². The molecule has 1 N–H and O–H groups in total. The second-order valence-corrected chi connectivity index (χ2v) is 9.06. The highest BCUT2D eigenvalue weighted by atomic mass is 32.2. The first-order chi connectivity index (χ1) is 15.7. The molecule has 0 saturated heterocycles. The quantitative estimate of drug-likeness (QED) is 0.497. The van der Waals surface area contributed by atoms with Crippen molar-refractivity contribution < 1.29 is 27.1 Å². The van der Waals surface area contributed by atoms with Crippen LogP contribution < -0.4 is 19.1 Å². The lowest BCUT2D eigenvalue weighted by atomic mass is 10.1. The van der Waals surface area contributed by atoms with Crippen LogP contribution in [0, 0.1) is 5.82 Å². The molecule has 0 atom stereocenters. The molecule has 0 spiro atoms. The molecule has 0 unspecified atom stereocenters. The molecule has 1 amide bonds. The van der Waals surface area contributed by atoms with Gasteiger partial charge in [0, 0.05) is 11.1 Å². The maximum Gasteiger partial charge on any atom is 0.255 e. The lowest BCUT2D eigenvalue weighted by Gasteiger charge is -2.24. The summed E-state index contributed by atoms with van der Waals surface area (Å²) in [7, 11) is -2.20. The zero-order valence-electron chi connectivity index (χ0n) is 18.5. The third-order valence-corrected chi connectivity index (χ3v) is 5.95. The standard InChI is InChI=1S/C24H25FN2O5S/c1-4-32-22-14-9-17(24(28)26-21-7-5-6-8-23(21)31-2)15-18(22)16-27(33(3,29)30)20-12-10-19(25)11-13-20/h5-15H,4,16H2,1-3H3,(H,26,28). The van der Waals surface area contributed by atoms with Gasteiger partial charge in [-0.3, -0.25) is 9.10 Å². The van der Waals surface area contributed by atoms with Crippen molar-refractivity contribution in [2.45, 2.75) is 13.5 Å². The fourth-order valence-corrected chi connectivity index (χ4v) is 4.12. The second-order valence-electron chi connectivity index (χ2n) is 7.16. The van der Waals surface area contributed by atoms with Crippen LogP contribution in [0.3, 0.4) is 0 Å². The normalized spacial score (nSPS) is 11.0. The Hall–Kier alpha value is -3.59. The molecular formula is C24H25FN2O5S. The smallest absolute Gasteiger partial charge is 0.255 e. The van der Waals surface area contributed by atoms with Gasteiger partial charge in [0.25, 0.3) is 5.91 Å². The topological polar surface area (TPSA) is 84.9 Å². The zero-order chi connectivity index (χ0) is 24.0. The van der Waals surface area contributed by atoms with Gasteiger partial charge < -0.3 is 14.8 Å². The van der Waals surface area contributed by atoms with E-state index in [9.17, 15) is 17.6 Å². The first-order valence-electron chi connectivity index (χ1n) is 10.2. The van der Waals surface area contributed by atoms with E-state index in [0.717, 1.165) is 10.6 Å². The minimum atomic E-state index is -3.71. The molecule has 0 aromatic heterocycles. The molecule has 0 aliphatic heterocycles. The minimum absolute atomic E-state index is 0.102. The van der Waals surface area contributed by atoms with Gasteiger partial charge in [0.05, 0.1) is 37.9 Å². The third kappa shape index (κ3) is 6.01. The molecule has 3 rings (SSSR count). The molecule has 9 heteroatoms. The van der Waals surface area contributed by atoms with E-state index in [2.05, 4.69) is 5.32 Å². The number of anilines is 2. The SMILES string of the molecule is CCOc1ccc(C(=O)Nc2ccccc2OC)cc1CN(c1ccc(F)cc1)S(C)(=O)=O. The molecule has 7 nitrogen and oxygen atoms in total. The number of rotatable bonds is 9. The summed E-state index contributed by atoms with van der Waals surface area (Å²) in [6, 6.07) is 17.0. The third-order valence-electron chi connectivity index (χ3n) is 4.81. The van der Waals surface area contributed by atoms with Crippen LogP contribution in [0.4, 0.5) is 15.8 Å². The van der Waals surface area contributed by atoms with Gasteiger partial charge in [-0.1, -0.05) is 12.1 Å². The molecule has 0 heterocycles. The van der Waals surface area contributed by atoms with E-state index >= 15 is 0 Å². The molecule has 0 aliphatic rings. The van der Waals surface area contributed by atoms with Crippen LogP contribution in [0.5, 0.6) is 11.5 Å². The van der Waals surface area contributed by atoms with Crippen molar-refractivity contribution in [3.63, 3.8) is 0 Å². The Balaban J connectivity index is 1.96. The Morgan fingerprint density at radius 2 is 1.73 bits per heavy atom. The fourth-order valence-electron chi connectivity index (χ4n) is 3.25. The van der Waals surface area contributed by atoms with Gasteiger partial charge in [0.1, 0.15) is 17.3 Å². The average Bonchev–Trinajstić information content (AvgIpc) is 2.79. The number of ether oxygens (including phenoxy) is 2. The molecule has 3 aromatic rings. The Kier molecular flexibility index (Phi) is 7.55. The Morgan fingerprint density at radius 3 is 2.36 bits per heavy atom. The number of halogens is 1. The van der Waals surface area contributed by atoms with Gasteiger partial charge in [0.15, 0.2) is 0 Å². The Labute approximate surface area is 192 Å². The highest BCUT2D eigenvalue weighted by Crippen LogP contribution is 2.28. The lowest BCUT2D eigenvalue weighted by Crippen LogP contribution is -2.29. The van der Waals surface area contributed by atoms with Crippen molar-refractivity contribution >= 4 is 27.3 Å². The van der Waals surface area contributed by atoms with Gasteiger partial charge in [-0.25, -0.2) is 12.8 Å². The van der Waals surface area contributed by atoms with Crippen molar-refractivity contribution in [2.24, 2.45) is 0 Å². The van der Waals surface area contributed by atoms with Crippen molar-refractivity contribution in [2.75, 3.05) is 29.6 Å². The molecule has 3 aromatic carbocycles. The number of amides is 1. The molecule has 0 radical (unpaired) electrons. The number of hydrogen-bond donors (Lipinski definition) is 1. The van der Waals surface area contributed by atoms with Crippen LogP contribution in [-0.2, 0) is 16.6 Å². The van der Waals surface area contributed by atoms with Gasteiger partial charge in [-0.2, -0.15) is 0 Å². The van der Waals surface area contributed by atoms with E-state index in [1.54, 1.807) is 49.4 Å². The number of sulfonamides is 1. The summed E-state index contributed by atoms with van der Waals surface area (Å²) >= 11 is 0. The minimum Gasteiger partial charge on any atom is -0.495 e. The highest BCUT2D eigenvalue weighted by Gasteiger charge is 2.21. The highest BCUT2D eigenvalue weighted by molar-refractivity contribution is 7.92. The molecule has 0 saturated carbocycles. The van der Waals surface area contributed by atoms with E-state index in [1.165, 1.54) is 31.4 Å². The van der Waals surface area contributed by atoms with Gasteiger partial charge in [-0.05, 0) is 61.5 Å². The molecule has 0 bridgehead atoms. The monoisotopic (exact) mass is 472 g/mol. The zero-order valence-corrected chi connectivity index (χ0v) is 19.4. The molecular weight excluding hydrogens is 447 g/mol. The first-order valence-corrected chi connectivity index (χ1v) is 12.0. The summed E-state index contributed by atoms with van der Waals surface area (Å²) in [4.78, 5) is 12.9.